The van der Waals surface area contributed by atoms with Gasteiger partial charge in [-0.1, -0.05) is 43.3 Å². The molecule has 2 aromatic carbocycles. The van der Waals surface area contributed by atoms with E-state index in [1.807, 2.05) is 30.0 Å². The molecule has 1 unspecified atom stereocenters. The fourth-order valence-corrected chi connectivity index (χ4v) is 3.54. The van der Waals surface area contributed by atoms with E-state index in [0.29, 0.717) is 11.8 Å². The molecular formula is C20H24N6S. The first-order chi connectivity index (χ1) is 13.2. The van der Waals surface area contributed by atoms with Gasteiger partial charge in [-0.3, -0.25) is 10.1 Å². The minimum absolute atomic E-state index is 0.431. The van der Waals surface area contributed by atoms with Crippen LogP contribution in [0.15, 0.2) is 70.8 Å². The first-order valence-corrected chi connectivity index (χ1v) is 9.73. The quantitative estimate of drug-likeness (QED) is 0.333. The van der Waals surface area contributed by atoms with Crippen molar-refractivity contribution in [2.45, 2.75) is 23.6 Å². The summed E-state index contributed by atoms with van der Waals surface area (Å²) in [4.78, 5) is 9.78. The molecule has 1 atom stereocenters. The Bertz CT molecular complexity index is 848. The van der Waals surface area contributed by atoms with E-state index in [1.165, 1.54) is 11.2 Å². The molecule has 6 nitrogen and oxygen atoms in total. The monoisotopic (exact) mass is 380 g/mol. The first-order valence-electron chi connectivity index (χ1n) is 8.85. The largest absolute Gasteiger partial charge is 0.355 e. The van der Waals surface area contributed by atoms with Crippen molar-refractivity contribution in [1.29, 1.82) is 0 Å². The van der Waals surface area contributed by atoms with Gasteiger partial charge in [0.1, 0.15) is 6.33 Å². The fraction of sp³-hybridized carbons (Fsp3) is 0.250. The summed E-state index contributed by atoms with van der Waals surface area (Å²) in [6, 6.07) is 18.6. The molecule has 140 valence electrons. The third-order valence-corrected chi connectivity index (χ3v) is 5.05. The number of aromatic nitrogens is 3. The molecule has 1 aromatic heterocycles. The third-order valence-electron chi connectivity index (χ3n) is 3.94. The van der Waals surface area contributed by atoms with Crippen LogP contribution in [0.5, 0.6) is 0 Å². The molecule has 0 amide bonds. The van der Waals surface area contributed by atoms with Crippen LogP contribution < -0.4 is 10.6 Å². The predicted molar refractivity (Wildman–Crippen MR) is 112 cm³/mol. The van der Waals surface area contributed by atoms with E-state index in [1.54, 1.807) is 7.05 Å². The van der Waals surface area contributed by atoms with Gasteiger partial charge in [0.2, 0.25) is 0 Å². The predicted octanol–water partition coefficient (Wildman–Crippen LogP) is 3.32. The summed E-state index contributed by atoms with van der Waals surface area (Å²) in [5.41, 5.74) is 2.17. The summed E-state index contributed by atoms with van der Waals surface area (Å²) in [5.74, 6) is 1.56. The van der Waals surface area contributed by atoms with Gasteiger partial charge in [0, 0.05) is 35.8 Å². The maximum Gasteiger partial charge on any atom is 0.191 e. The van der Waals surface area contributed by atoms with Crippen molar-refractivity contribution in [3.8, 4) is 11.4 Å². The summed E-state index contributed by atoms with van der Waals surface area (Å²) < 4.78 is 0. The van der Waals surface area contributed by atoms with Crippen LogP contribution in [0.3, 0.4) is 0 Å². The van der Waals surface area contributed by atoms with Crippen molar-refractivity contribution in [2.24, 2.45) is 4.99 Å². The molecule has 0 fully saturated rings. The van der Waals surface area contributed by atoms with Crippen molar-refractivity contribution in [1.82, 2.24) is 25.8 Å². The van der Waals surface area contributed by atoms with Crippen molar-refractivity contribution >= 4 is 17.7 Å². The lowest BCUT2D eigenvalue weighted by Crippen LogP contribution is -2.39. The van der Waals surface area contributed by atoms with Crippen molar-refractivity contribution in [3.05, 3.63) is 66.5 Å². The number of rotatable bonds is 7. The van der Waals surface area contributed by atoms with Crippen molar-refractivity contribution < 1.29 is 0 Å². The number of nitrogens with one attached hydrogen (secondary N) is 3. The molecule has 27 heavy (non-hydrogen) atoms. The lowest BCUT2D eigenvalue weighted by atomic mass is 10.1. The van der Waals surface area contributed by atoms with Gasteiger partial charge >= 0.3 is 0 Å². The minimum atomic E-state index is 0.431. The number of aromatic amines is 1. The van der Waals surface area contributed by atoms with Gasteiger partial charge in [0.15, 0.2) is 11.8 Å². The molecule has 1 heterocycles. The smallest absolute Gasteiger partial charge is 0.191 e. The van der Waals surface area contributed by atoms with Crippen LogP contribution >= 0.6 is 11.8 Å². The highest BCUT2D eigenvalue weighted by Crippen LogP contribution is 2.21. The average molecular weight is 381 g/mol. The Morgan fingerprint density at radius 1 is 1.15 bits per heavy atom. The van der Waals surface area contributed by atoms with Crippen LogP contribution in [0, 0.1) is 0 Å². The molecule has 0 spiro atoms. The molecule has 0 aliphatic heterocycles. The normalized spacial score (nSPS) is 12.6. The van der Waals surface area contributed by atoms with E-state index in [2.05, 4.69) is 74.1 Å². The van der Waals surface area contributed by atoms with Gasteiger partial charge in [-0.2, -0.15) is 5.10 Å². The zero-order valence-corrected chi connectivity index (χ0v) is 16.3. The molecule has 0 saturated carbocycles. The second-order valence-electron chi connectivity index (χ2n) is 6.08. The SMILES string of the molecule is CN=C(NCc1cccc(-c2ncn[nH]2)c1)NCC(C)Sc1ccccc1. The van der Waals surface area contributed by atoms with Crippen LogP contribution in [0.1, 0.15) is 12.5 Å². The number of guanidine groups is 1. The van der Waals surface area contributed by atoms with E-state index < -0.39 is 0 Å². The molecule has 3 aromatic rings. The zero-order chi connectivity index (χ0) is 18.9. The van der Waals surface area contributed by atoms with Crippen molar-refractivity contribution in [3.63, 3.8) is 0 Å². The molecule has 3 rings (SSSR count). The number of hydrogen-bond acceptors (Lipinski definition) is 4. The summed E-state index contributed by atoms with van der Waals surface area (Å²) in [6.07, 6.45) is 1.51. The van der Waals surface area contributed by atoms with Gasteiger partial charge in [-0.15, -0.1) is 11.8 Å². The number of thioether (sulfide) groups is 1. The highest BCUT2D eigenvalue weighted by Gasteiger charge is 2.07. The van der Waals surface area contributed by atoms with Crippen molar-refractivity contribution in [2.75, 3.05) is 13.6 Å². The summed E-state index contributed by atoms with van der Waals surface area (Å²) in [7, 11) is 1.79. The lowest BCUT2D eigenvalue weighted by molar-refractivity contribution is 0.790. The van der Waals surface area contributed by atoms with E-state index >= 15 is 0 Å². The number of benzene rings is 2. The van der Waals surface area contributed by atoms with Gasteiger partial charge < -0.3 is 10.6 Å². The fourth-order valence-electron chi connectivity index (χ4n) is 2.59. The van der Waals surface area contributed by atoms with E-state index in [4.69, 9.17) is 0 Å². The maximum atomic E-state index is 4.31. The van der Waals surface area contributed by atoms with Crippen LogP contribution in [-0.4, -0.2) is 40.0 Å². The maximum absolute atomic E-state index is 4.31. The average Bonchev–Trinajstić information content (AvgIpc) is 3.24. The number of hydrogen-bond donors (Lipinski definition) is 3. The van der Waals surface area contributed by atoms with E-state index in [9.17, 15) is 0 Å². The Hall–Kier alpha value is -2.80. The lowest BCUT2D eigenvalue weighted by Gasteiger charge is -2.16. The molecule has 0 bridgehead atoms. The second-order valence-corrected chi connectivity index (χ2v) is 7.59. The number of nitrogens with zero attached hydrogens (tertiary/aromatic N) is 3. The minimum Gasteiger partial charge on any atom is -0.355 e. The molecule has 0 aliphatic rings. The van der Waals surface area contributed by atoms with Gasteiger partial charge in [-0.25, -0.2) is 4.98 Å². The molecular weight excluding hydrogens is 356 g/mol. The molecule has 3 N–H and O–H groups in total. The molecule has 0 radical (unpaired) electrons. The number of H-pyrrole nitrogens is 1. The van der Waals surface area contributed by atoms with Gasteiger partial charge in [-0.05, 0) is 23.8 Å². The van der Waals surface area contributed by atoms with Crippen LogP contribution in [0.2, 0.25) is 0 Å². The van der Waals surface area contributed by atoms with Gasteiger partial charge in [0.05, 0.1) is 0 Å². The summed E-state index contributed by atoms with van der Waals surface area (Å²) in [6.45, 7) is 3.72. The Kier molecular flexibility index (Phi) is 6.87. The second kappa shape index (κ2) is 9.78. The molecule has 7 heteroatoms. The Morgan fingerprint density at radius 3 is 2.74 bits per heavy atom. The Morgan fingerprint density at radius 2 is 2.00 bits per heavy atom. The number of aliphatic imine (C=N–C) groups is 1. The Balaban J connectivity index is 1.49. The van der Waals surface area contributed by atoms with E-state index in [0.717, 1.165) is 29.5 Å². The summed E-state index contributed by atoms with van der Waals surface area (Å²) >= 11 is 1.85. The highest BCUT2D eigenvalue weighted by molar-refractivity contribution is 8.00. The standard InChI is InChI=1S/C20H24N6S/c1-15(27-18-9-4-3-5-10-18)12-22-20(21-2)23-13-16-7-6-8-17(11-16)19-24-14-25-26-19/h3-11,14-15H,12-13H2,1-2H3,(H2,21,22,23)(H,24,25,26). The Labute approximate surface area is 163 Å². The first kappa shape index (κ1) is 19.0. The van der Waals surface area contributed by atoms with Crippen LogP contribution in [0.4, 0.5) is 0 Å². The highest BCUT2D eigenvalue weighted by atomic mass is 32.2. The van der Waals surface area contributed by atoms with Gasteiger partial charge in [0.25, 0.3) is 0 Å². The van der Waals surface area contributed by atoms with Crippen LogP contribution in [0.25, 0.3) is 11.4 Å². The summed E-state index contributed by atoms with van der Waals surface area (Å²) in [5, 5.41) is 14.0. The van der Waals surface area contributed by atoms with E-state index in [-0.39, 0.29) is 0 Å². The third kappa shape index (κ3) is 5.86. The molecule has 0 aliphatic carbocycles. The van der Waals surface area contributed by atoms with Crippen LogP contribution in [-0.2, 0) is 6.54 Å². The molecule has 0 saturated heterocycles. The zero-order valence-electron chi connectivity index (χ0n) is 15.5. The topological polar surface area (TPSA) is 78.0 Å².